The van der Waals surface area contributed by atoms with Crippen LogP contribution in [0, 0.1) is 5.92 Å². The second kappa shape index (κ2) is 3.32. The van der Waals surface area contributed by atoms with E-state index in [1.807, 2.05) is 0 Å². The molecule has 2 atom stereocenters. The second-order valence-corrected chi connectivity index (χ2v) is 4.07. The summed E-state index contributed by atoms with van der Waals surface area (Å²) in [7, 11) is 0. The van der Waals surface area contributed by atoms with Crippen LogP contribution in [0.15, 0.2) is 0 Å². The highest BCUT2D eigenvalue weighted by atomic mass is 16.3. The SMILES string of the molecule is CC1CCN(C2CNC2)C1CO. The van der Waals surface area contributed by atoms with Gasteiger partial charge in [0.25, 0.3) is 0 Å². The van der Waals surface area contributed by atoms with Crippen molar-refractivity contribution < 1.29 is 5.11 Å². The number of nitrogens with one attached hydrogen (secondary N) is 1. The molecule has 2 rings (SSSR count). The van der Waals surface area contributed by atoms with Gasteiger partial charge in [-0.15, -0.1) is 0 Å². The second-order valence-electron chi connectivity index (χ2n) is 4.07. The first kappa shape index (κ1) is 8.48. The van der Waals surface area contributed by atoms with Crippen molar-refractivity contribution in [3.8, 4) is 0 Å². The molecule has 0 aromatic heterocycles. The van der Waals surface area contributed by atoms with Gasteiger partial charge in [-0.2, -0.15) is 0 Å². The van der Waals surface area contributed by atoms with Crippen LogP contribution in [0.1, 0.15) is 13.3 Å². The first-order valence-electron chi connectivity index (χ1n) is 4.90. The van der Waals surface area contributed by atoms with E-state index in [-0.39, 0.29) is 0 Å². The molecule has 2 N–H and O–H groups in total. The van der Waals surface area contributed by atoms with E-state index in [9.17, 15) is 5.11 Å². The fraction of sp³-hybridized carbons (Fsp3) is 1.00. The van der Waals surface area contributed by atoms with Crippen molar-refractivity contribution in [2.24, 2.45) is 5.92 Å². The minimum absolute atomic E-state index is 0.331. The zero-order valence-electron chi connectivity index (χ0n) is 7.66. The summed E-state index contributed by atoms with van der Waals surface area (Å²) in [6.45, 7) is 5.98. The number of aliphatic hydroxyl groups is 1. The van der Waals surface area contributed by atoms with Gasteiger partial charge in [-0.05, 0) is 18.9 Å². The summed E-state index contributed by atoms with van der Waals surface area (Å²) in [4.78, 5) is 2.47. The summed E-state index contributed by atoms with van der Waals surface area (Å²) in [5.74, 6) is 0.676. The molecule has 2 aliphatic rings. The highest BCUT2D eigenvalue weighted by Gasteiger charge is 2.37. The molecule has 0 aromatic carbocycles. The lowest BCUT2D eigenvalue weighted by Gasteiger charge is -2.39. The Morgan fingerprint density at radius 1 is 1.50 bits per heavy atom. The predicted molar refractivity (Wildman–Crippen MR) is 48.0 cm³/mol. The Kier molecular flexibility index (Phi) is 2.35. The van der Waals surface area contributed by atoms with E-state index in [1.54, 1.807) is 0 Å². The van der Waals surface area contributed by atoms with Crippen LogP contribution in [0.3, 0.4) is 0 Å². The lowest BCUT2D eigenvalue weighted by atomic mass is 10.0. The summed E-state index contributed by atoms with van der Waals surface area (Å²) in [6, 6.07) is 1.13. The molecule has 0 aromatic rings. The van der Waals surface area contributed by atoms with E-state index in [1.165, 1.54) is 13.0 Å². The maximum atomic E-state index is 9.21. The van der Waals surface area contributed by atoms with Crippen molar-refractivity contribution in [3.05, 3.63) is 0 Å². The van der Waals surface area contributed by atoms with E-state index in [4.69, 9.17) is 0 Å². The summed E-state index contributed by atoms with van der Waals surface area (Å²) in [5.41, 5.74) is 0. The number of hydrogen-bond donors (Lipinski definition) is 2. The lowest BCUT2D eigenvalue weighted by molar-refractivity contribution is 0.0780. The summed E-state index contributed by atoms with van der Waals surface area (Å²) < 4.78 is 0. The maximum Gasteiger partial charge on any atom is 0.0589 e. The highest BCUT2D eigenvalue weighted by molar-refractivity contribution is 4.94. The number of likely N-dealkylation sites (tertiary alicyclic amines) is 1. The maximum absolute atomic E-state index is 9.21. The van der Waals surface area contributed by atoms with Crippen molar-refractivity contribution in [2.75, 3.05) is 26.2 Å². The van der Waals surface area contributed by atoms with Crippen LogP contribution in [0.25, 0.3) is 0 Å². The van der Waals surface area contributed by atoms with Crippen molar-refractivity contribution in [1.29, 1.82) is 0 Å². The smallest absolute Gasteiger partial charge is 0.0589 e. The molecule has 12 heavy (non-hydrogen) atoms. The molecule has 3 nitrogen and oxygen atoms in total. The first-order valence-corrected chi connectivity index (χ1v) is 4.90. The molecule has 2 aliphatic heterocycles. The van der Waals surface area contributed by atoms with Gasteiger partial charge in [0.2, 0.25) is 0 Å². The molecular weight excluding hydrogens is 152 g/mol. The Balaban J connectivity index is 1.95. The highest BCUT2D eigenvalue weighted by Crippen LogP contribution is 2.26. The molecule has 2 saturated heterocycles. The Hall–Kier alpha value is -0.120. The van der Waals surface area contributed by atoms with Gasteiger partial charge in [0, 0.05) is 25.2 Å². The Morgan fingerprint density at radius 2 is 2.25 bits per heavy atom. The van der Waals surface area contributed by atoms with E-state index < -0.39 is 0 Å². The average Bonchev–Trinajstić information content (AvgIpc) is 2.29. The minimum atomic E-state index is 0.331. The topological polar surface area (TPSA) is 35.5 Å². The van der Waals surface area contributed by atoms with Crippen molar-refractivity contribution in [1.82, 2.24) is 10.2 Å². The van der Waals surface area contributed by atoms with Crippen molar-refractivity contribution >= 4 is 0 Å². The third-order valence-corrected chi connectivity index (χ3v) is 3.34. The van der Waals surface area contributed by atoms with Gasteiger partial charge in [0.15, 0.2) is 0 Å². The van der Waals surface area contributed by atoms with Crippen LogP contribution in [0.2, 0.25) is 0 Å². The molecule has 0 spiro atoms. The van der Waals surface area contributed by atoms with Crippen LogP contribution < -0.4 is 5.32 Å². The van der Waals surface area contributed by atoms with Crippen LogP contribution in [0.5, 0.6) is 0 Å². The molecule has 2 fully saturated rings. The summed E-state index contributed by atoms with van der Waals surface area (Å²) in [5, 5.41) is 12.5. The molecule has 0 radical (unpaired) electrons. The normalized spacial score (nSPS) is 38.5. The minimum Gasteiger partial charge on any atom is -0.395 e. The van der Waals surface area contributed by atoms with Crippen LogP contribution in [-0.4, -0.2) is 48.3 Å². The van der Waals surface area contributed by atoms with Crippen LogP contribution in [0.4, 0.5) is 0 Å². The zero-order valence-corrected chi connectivity index (χ0v) is 7.66. The third kappa shape index (κ3) is 1.26. The lowest BCUT2D eigenvalue weighted by Crippen LogP contribution is -2.59. The number of hydrogen-bond acceptors (Lipinski definition) is 3. The fourth-order valence-corrected chi connectivity index (χ4v) is 2.28. The molecular formula is C9H18N2O. The molecule has 0 amide bonds. The van der Waals surface area contributed by atoms with Crippen molar-refractivity contribution in [2.45, 2.75) is 25.4 Å². The van der Waals surface area contributed by atoms with Gasteiger partial charge in [0.05, 0.1) is 6.61 Å². The summed E-state index contributed by atoms with van der Waals surface area (Å²) >= 11 is 0. The van der Waals surface area contributed by atoms with Crippen molar-refractivity contribution in [3.63, 3.8) is 0 Å². The van der Waals surface area contributed by atoms with Crippen LogP contribution in [-0.2, 0) is 0 Å². The Labute approximate surface area is 73.8 Å². The van der Waals surface area contributed by atoms with E-state index in [0.717, 1.165) is 13.1 Å². The monoisotopic (exact) mass is 170 g/mol. The van der Waals surface area contributed by atoms with E-state index in [0.29, 0.717) is 24.6 Å². The Morgan fingerprint density at radius 3 is 2.75 bits per heavy atom. The van der Waals surface area contributed by atoms with Gasteiger partial charge in [-0.1, -0.05) is 6.92 Å². The molecule has 0 bridgehead atoms. The average molecular weight is 170 g/mol. The zero-order chi connectivity index (χ0) is 8.55. The van der Waals surface area contributed by atoms with Crippen LogP contribution >= 0.6 is 0 Å². The van der Waals surface area contributed by atoms with E-state index >= 15 is 0 Å². The number of aliphatic hydroxyl groups excluding tert-OH is 1. The summed E-state index contributed by atoms with van der Waals surface area (Å²) in [6.07, 6.45) is 1.25. The van der Waals surface area contributed by atoms with Gasteiger partial charge in [0.1, 0.15) is 0 Å². The van der Waals surface area contributed by atoms with Gasteiger partial charge < -0.3 is 10.4 Å². The van der Waals surface area contributed by atoms with Gasteiger partial charge in [-0.3, -0.25) is 4.90 Å². The van der Waals surface area contributed by atoms with E-state index in [2.05, 4.69) is 17.1 Å². The molecule has 2 unspecified atom stereocenters. The largest absolute Gasteiger partial charge is 0.395 e. The molecule has 70 valence electrons. The fourth-order valence-electron chi connectivity index (χ4n) is 2.28. The van der Waals surface area contributed by atoms with Gasteiger partial charge >= 0.3 is 0 Å². The van der Waals surface area contributed by atoms with Gasteiger partial charge in [-0.25, -0.2) is 0 Å². The third-order valence-electron chi connectivity index (χ3n) is 3.34. The number of rotatable bonds is 2. The predicted octanol–water partition coefficient (Wildman–Crippen LogP) is -0.339. The molecule has 0 saturated carbocycles. The quantitative estimate of drug-likeness (QED) is 0.595. The first-order chi connectivity index (χ1) is 5.83. The molecule has 0 aliphatic carbocycles. The molecule has 3 heteroatoms. The standard InChI is InChI=1S/C9H18N2O/c1-7-2-3-11(9(7)6-12)8-4-10-5-8/h7-10,12H,2-6H2,1H3. The molecule has 2 heterocycles. The number of nitrogens with zero attached hydrogens (tertiary/aromatic N) is 1. The Bertz CT molecular complexity index is 159.